The van der Waals surface area contributed by atoms with E-state index in [4.69, 9.17) is 23.9 Å². The van der Waals surface area contributed by atoms with Crippen LogP contribution in [0.2, 0.25) is 0 Å². The van der Waals surface area contributed by atoms with Crippen LogP contribution in [0.1, 0.15) is 71.7 Å². The second-order valence-electron chi connectivity index (χ2n) is 14.6. The number of esters is 1. The summed E-state index contributed by atoms with van der Waals surface area (Å²) in [6.45, 7) is 17.0. The number of amides is 2. The van der Waals surface area contributed by atoms with Gasteiger partial charge in [-0.15, -0.1) is 0 Å². The van der Waals surface area contributed by atoms with E-state index in [9.17, 15) is 18.8 Å². The van der Waals surface area contributed by atoms with E-state index in [1.807, 2.05) is 40.7 Å². The molecule has 0 bridgehead atoms. The van der Waals surface area contributed by atoms with E-state index in [1.54, 1.807) is 21.9 Å². The van der Waals surface area contributed by atoms with Gasteiger partial charge in [0.1, 0.15) is 30.3 Å². The molecule has 0 radical (unpaired) electrons. The molecule has 2 aromatic rings. The molecule has 0 N–H and O–H groups in total. The van der Waals surface area contributed by atoms with Crippen molar-refractivity contribution in [2.75, 3.05) is 57.4 Å². The van der Waals surface area contributed by atoms with Gasteiger partial charge in [0.25, 0.3) is 0 Å². The van der Waals surface area contributed by atoms with Gasteiger partial charge in [0.15, 0.2) is 0 Å². The fourth-order valence-electron chi connectivity index (χ4n) is 6.88. The normalized spacial score (nSPS) is 23.2. The zero-order valence-electron chi connectivity index (χ0n) is 30.4. The third-order valence-electron chi connectivity index (χ3n) is 9.47. The Morgan fingerprint density at radius 2 is 1.76 bits per heavy atom. The number of carbonyl (C=O) groups is 3. The number of aromatic nitrogens is 1. The molecule has 3 aliphatic rings. The zero-order valence-corrected chi connectivity index (χ0v) is 30.4. The number of piperazine rings is 1. The van der Waals surface area contributed by atoms with Gasteiger partial charge in [-0.3, -0.25) is 19.4 Å². The van der Waals surface area contributed by atoms with Gasteiger partial charge in [-0.1, -0.05) is 19.1 Å². The van der Waals surface area contributed by atoms with Gasteiger partial charge in [-0.2, -0.15) is 0 Å². The fourth-order valence-corrected chi connectivity index (χ4v) is 6.88. The highest BCUT2D eigenvalue weighted by Gasteiger charge is 2.41. The second-order valence-corrected chi connectivity index (χ2v) is 14.6. The Hall–Kier alpha value is -3.81. The van der Waals surface area contributed by atoms with E-state index in [0.717, 1.165) is 24.1 Å². The van der Waals surface area contributed by atoms with E-state index in [-0.39, 0.29) is 61.7 Å². The molecule has 12 nitrogen and oxygen atoms in total. The van der Waals surface area contributed by atoms with Crippen molar-refractivity contribution >= 4 is 23.7 Å². The number of anilines is 1. The van der Waals surface area contributed by atoms with Crippen LogP contribution in [-0.2, 0) is 36.8 Å². The molecule has 1 aromatic heterocycles. The molecule has 4 heterocycles. The monoisotopic (exact) mass is 697 g/mol. The van der Waals surface area contributed by atoms with Crippen LogP contribution in [0.5, 0.6) is 5.88 Å². The summed E-state index contributed by atoms with van der Waals surface area (Å²) < 4.78 is 36.6. The third kappa shape index (κ3) is 9.29. The number of hydrogen-bond donors (Lipinski definition) is 0. The number of benzene rings is 1. The summed E-state index contributed by atoms with van der Waals surface area (Å²) >= 11 is 0. The third-order valence-corrected chi connectivity index (χ3v) is 9.47. The van der Waals surface area contributed by atoms with Gasteiger partial charge in [0, 0.05) is 51.2 Å². The lowest BCUT2D eigenvalue weighted by molar-refractivity contribution is -0.142. The van der Waals surface area contributed by atoms with Crippen molar-refractivity contribution in [1.29, 1.82) is 0 Å². The summed E-state index contributed by atoms with van der Waals surface area (Å²) in [5.74, 6) is -0.599. The maximum Gasteiger partial charge on any atom is 0.410 e. The average Bonchev–Trinajstić information content (AvgIpc) is 3.05. The van der Waals surface area contributed by atoms with Crippen molar-refractivity contribution in [3.05, 3.63) is 53.0 Å². The van der Waals surface area contributed by atoms with Crippen LogP contribution in [0.25, 0.3) is 0 Å². The Bertz CT molecular complexity index is 1520. The first-order valence-corrected chi connectivity index (χ1v) is 17.6. The average molecular weight is 698 g/mol. The Kier molecular flexibility index (Phi) is 12.0. The van der Waals surface area contributed by atoms with Crippen LogP contribution in [0.3, 0.4) is 0 Å². The van der Waals surface area contributed by atoms with Crippen molar-refractivity contribution < 1.29 is 37.7 Å². The first kappa shape index (κ1) is 37.4. The predicted molar refractivity (Wildman–Crippen MR) is 186 cm³/mol. The quantitative estimate of drug-likeness (QED) is 0.350. The van der Waals surface area contributed by atoms with E-state index in [0.29, 0.717) is 56.5 Å². The smallest absolute Gasteiger partial charge is 0.410 e. The molecular weight excluding hydrogens is 645 g/mol. The van der Waals surface area contributed by atoms with Crippen LogP contribution in [0.15, 0.2) is 30.3 Å². The number of ether oxygens (including phenoxy) is 4. The van der Waals surface area contributed by atoms with E-state index < -0.39 is 11.6 Å². The number of halogens is 1. The maximum absolute atomic E-state index is 14.5. The highest BCUT2D eigenvalue weighted by molar-refractivity contribution is 5.97. The van der Waals surface area contributed by atoms with Gasteiger partial charge in [-0.05, 0) is 76.8 Å². The first-order chi connectivity index (χ1) is 23.7. The highest BCUT2D eigenvalue weighted by atomic mass is 19.1. The standard InChI is InChI=1S/C37H52FN5O7/c1-8-30-22-47-14-13-40(30)18-31-19-42(36(46)50-37(5,6)7)24(2)17-41(31)20-34(45)43-25(3)21-49-35-33(43)16-28(32(39-35)23-48-26(4)44)15-27-9-11-29(38)12-10-27/h9-12,16,24-25,30-31H,8,13-15,17-23H2,1-7H3/t24-,25+,30-,31+/m1/s1. The Morgan fingerprint density at radius 3 is 2.44 bits per heavy atom. The highest BCUT2D eigenvalue weighted by Crippen LogP contribution is 2.36. The van der Waals surface area contributed by atoms with Crippen molar-refractivity contribution in [3.8, 4) is 5.88 Å². The molecule has 0 saturated carbocycles. The van der Waals surface area contributed by atoms with Gasteiger partial charge in [0.05, 0.1) is 31.5 Å². The SMILES string of the molecule is CC[C@@H]1COCCN1C[C@H]1CN(C(=O)OC(C)(C)C)[C@H](C)CN1CC(=O)N1c2cc(Cc3ccc(F)cc3)c(COC(C)=O)nc2OC[C@@H]1C. The van der Waals surface area contributed by atoms with Crippen LogP contribution >= 0.6 is 0 Å². The van der Waals surface area contributed by atoms with Crippen molar-refractivity contribution in [3.63, 3.8) is 0 Å². The number of carbonyl (C=O) groups excluding carboxylic acids is 3. The number of morpholine rings is 1. The summed E-state index contributed by atoms with van der Waals surface area (Å²) in [6, 6.07) is 7.74. The lowest BCUT2D eigenvalue weighted by Gasteiger charge is -2.48. The summed E-state index contributed by atoms with van der Waals surface area (Å²) in [7, 11) is 0. The van der Waals surface area contributed by atoms with Gasteiger partial charge < -0.3 is 28.7 Å². The lowest BCUT2D eigenvalue weighted by Crippen LogP contribution is -2.65. The number of nitrogens with zero attached hydrogens (tertiary/aromatic N) is 5. The molecule has 3 aliphatic heterocycles. The zero-order chi connectivity index (χ0) is 36.2. The minimum absolute atomic E-state index is 0.0617. The topological polar surface area (TPSA) is 114 Å². The summed E-state index contributed by atoms with van der Waals surface area (Å²) in [5, 5.41) is 0. The minimum atomic E-state index is -0.627. The number of pyridine rings is 1. The molecule has 274 valence electrons. The van der Waals surface area contributed by atoms with Gasteiger partial charge >= 0.3 is 12.1 Å². The molecule has 0 aliphatic carbocycles. The fraction of sp³-hybridized carbons (Fsp3) is 0.622. The molecule has 2 fully saturated rings. The molecule has 2 amide bonds. The molecule has 50 heavy (non-hydrogen) atoms. The van der Waals surface area contributed by atoms with Crippen LogP contribution in [-0.4, -0.2) is 120 Å². The van der Waals surface area contributed by atoms with Gasteiger partial charge in [0.2, 0.25) is 11.8 Å². The Morgan fingerprint density at radius 1 is 1.02 bits per heavy atom. The van der Waals surface area contributed by atoms with Gasteiger partial charge in [-0.25, -0.2) is 14.2 Å². The van der Waals surface area contributed by atoms with Crippen molar-refractivity contribution in [2.24, 2.45) is 0 Å². The molecule has 1 aromatic carbocycles. The number of hydrogen-bond acceptors (Lipinski definition) is 10. The van der Waals surface area contributed by atoms with E-state index in [1.165, 1.54) is 19.1 Å². The molecule has 0 unspecified atom stereocenters. The first-order valence-electron chi connectivity index (χ1n) is 17.6. The molecule has 13 heteroatoms. The van der Waals surface area contributed by atoms with Crippen LogP contribution in [0, 0.1) is 5.82 Å². The van der Waals surface area contributed by atoms with E-state index in [2.05, 4.69) is 16.7 Å². The largest absolute Gasteiger partial charge is 0.474 e. The number of rotatable bonds is 9. The molecule has 2 saturated heterocycles. The second kappa shape index (κ2) is 16.0. The lowest BCUT2D eigenvalue weighted by atomic mass is 10.0. The summed E-state index contributed by atoms with van der Waals surface area (Å²) in [4.78, 5) is 52.4. The minimum Gasteiger partial charge on any atom is -0.474 e. The summed E-state index contributed by atoms with van der Waals surface area (Å²) in [6.07, 6.45) is 0.972. The Balaban J connectivity index is 1.43. The summed E-state index contributed by atoms with van der Waals surface area (Å²) in [5.41, 5.74) is 2.00. The molecule has 5 rings (SSSR count). The number of fused-ring (bicyclic) bond motifs is 1. The molecular formula is C37H52FN5O7. The van der Waals surface area contributed by atoms with Crippen LogP contribution in [0.4, 0.5) is 14.9 Å². The predicted octanol–water partition coefficient (Wildman–Crippen LogP) is 4.41. The maximum atomic E-state index is 14.5. The van der Waals surface area contributed by atoms with Crippen molar-refractivity contribution in [2.45, 2.75) is 97.7 Å². The Labute approximate surface area is 294 Å². The van der Waals surface area contributed by atoms with Crippen LogP contribution < -0.4 is 9.64 Å². The van der Waals surface area contributed by atoms with E-state index >= 15 is 0 Å². The molecule has 0 spiro atoms. The molecule has 4 atom stereocenters. The van der Waals surface area contributed by atoms with Crippen molar-refractivity contribution in [1.82, 2.24) is 19.7 Å².